The molecule has 0 saturated carbocycles. The molecule has 0 spiro atoms. The molecule has 2 amide bonds. The maximum absolute atomic E-state index is 12.9. The number of pyridine rings is 1. The number of carbonyl (C=O) groups is 2. The predicted octanol–water partition coefficient (Wildman–Crippen LogP) is 1.89. The number of hydrogen-bond acceptors (Lipinski definition) is 5. The molecule has 1 N–H and O–H groups in total. The van der Waals surface area contributed by atoms with Gasteiger partial charge in [-0.25, -0.2) is 12.7 Å². The summed E-state index contributed by atoms with van der Waals surface area (Å²) < 4.78 is 24.7. The highest BCUT2D eigenvalue weighted by Gasteiger charge is 2.30. The zero-order valence-corrected chi connectivity index (χ0v) is 17.6. The quantitative estimate of drug-likeness (QED) is 0.802. The van der Waals surface area contributed by atoms with Gasteiger partial charge in [0, 0.05) is 54.9 Å². The molecule has 2 aliphatic heterocycles. The van der Waals surface area contributed by atoms with Crippen molar-refractivity contribution in [1.82, 2.24) is 9.29 Å². The zero-order valence-electron chi connectivity index (χ0n) is 16.7. The molecular formula is C21H24N4O4S. The van der Waals surface area contributed by atoms with Gasteiger partial charge in [-0.1, -0.05) is 6.07 Å². The van der Waals surface area contributed by atoms with Crippen molar-refractivity contribution in [2.45, 2.75) is 19.3 Å². The Labute approximate surface area is 175 Å². The third kappa shape index (κ3) is 4.22. The molecule has 2 aromatic rings. The van der Waals surface area contributed by atoms with Crippen molar-refractivity contribution in [3.05, 3.63) is 53.9 Å². The van der Waals surface area contributed by atoms with Gasteiger partial charge in [-0.3, -0.25) is 14.6 Å². The Balaban J connectivity index is 1.45. The summed E-state index contributed by atoms with van der Waals surface area (Å²) in [5, 5.41) is 2.94. The van der Waals surface area contributed by atoms with E-state index in [-0.39, 0.29) is 17.7 Å². The first-order valence-electron chi connectivity index (χ1n) is 9.94. The minimum absolute atomic E-state index is 0.0900. The van der Waals surface area contributed by atoms with Gasteiger partial charge in [-0.05, 0) is 49.1 Å². The smallest absolute Gasteiger partial charge is 0.258 e. The van der Waals surface area contributed by atoms with Crippen LogP contribution in [0.15, 0.2) is 42.7 Å². The minimum Gasteiger partial charge on any atom is -0.326 e. The first-order chi connectivity index (χ1) is 14.3. The highest BCUT2D eigenvalue weighted by Crippen LogP contribution is 2.32. The summed E-state index contributed by atoms with van der Waals surface area (Å²) in [6.45, 7) is 1.31. The fraction of sp³-hybridized carbons (Fsp3) is 0.381. The molecule has 9 heteroatoms. The molecule has 0 aliphatic carbocycles. The van der Waals surface area contributed by atoms with E-state index in [2.05, 4.69) is 10.3 Å². The lowest BCUT2D eigenvalue weighted by molar-refractivity contribution is -0.120. The largest absolute Gasteiger partial charge is 0.326 e. The van der Waals surface area contributed by atoms with Gasteiger partial charge in [0.05, 0.1) is 6.26 Å². The van der Waals surface area contributed by atoms with Crippen LogP contribution in [0.5, 0.6) is 0 Å². The highest BCUT2D eigenvalue weighted by molar-refractivity contribution is 7.88. The standard InChI is InChI=1S/C21H24N4O4S/c1-30(28,29)24-11-6-16(7-12-24)20(26)23-18-3-2-15-8-13-25(19(15)14-18)21(27)17-4-9-22-10-5-17/h2-5,9-10,14,16H,6-8,11-13H2,1H3,(H,23,26). The average molecular weight is 429 g/mol. The Bertz CT molecular complexity index is 1060. The Morgan fingerprint density at radius 3 is 2.43 bits per heavy atom. The second kappa shape index (κ2) is 8.16. The Hall–Kier alpha value is -2.78. The summed E-state index contributed by atoms with van der Waals surface area (Å²) in [5.74, 6) is -0.438. The third-order valence-electron chi connectivity index (χ3n) is 5.71. The third-order valence-corrected chi connectivity index (χ3v) is 7.02. The van der Waals surface area contributed by atoms with E-state index in [0.29, 0.717) is 43.7 Å². The molecule has 0 radical (unpaired) electrons. The normalized spacial score (nSPS) is 17.6. The van der Waals surface area contributed by atoms with Crippen LogP contribution in [-0.4, -0.2) is 55.4 Å². The SMILES string of the molecule is CS(=O)(=O)N1CCC(C(=O)Nc2ccc3c(c2)N(C(=O)c2ccncc2)CC3)CC1. The summed E-state index contributed by atoms with van der Waals surface area (Å²) in [4.78, 5) is 31.2. The van der Waals surface area contributed by atoms with Gasteiger partial charge in [0.25, 0.3) is 5.91 Å². The number of hydrogen-bond donors (Lipinski definition) is 1. The molecule has 4 rings (SSSR count). The molecule has 1 aromatic heterocycles. The van der Waals surface area contributed by atoms with Crippen LogP contribution in [0, 0.1) is 5.92 Å². The maximum Gasteiger partial charge on any atom is 0.258 e. The highest BCUT2D eigenvalue weighted by atomic mass is 32.2. The zero-order chi connectivity index (χ0) is 21.3. The molecule has 1 fully saturated rings. The van der Waals surface area contributed by atoms with Gasteiger partial charge in [-0.2, -0.15) is 0 Å². The van der Waals surface area contributed by atoms with Crippen LogP contribution >= 0.6 is 0 Å². The maximum atomic E-state index is 12.9. The number of nitrogens with one attached hydrogen (secondary N) is 1. The summed E-state index contributed by atoms with van der Waals surface area (Å²) in [5.41, 5.74) is 3.09. The lowest BCUT2D eigenvalue weighted by Crippen LogP contribution is -2.40. The second-order valence-corrected chi connectivity index (χ2v) is 9.69. The van der Waals surface area contributed by atoms with Crippen molar-refractivity contribution >= 4 is 33.2 Å². The summed E-state index contributed by atoms with van der Waals surface area (Å²) in [6.07, 6.45) is 6.14. The van der Waals surface area contributed by atoms with E-state index in [1.165, 1.54) is 10.6 Å². The molecule has 0 unspecified atom stereocenters. The molecule has 30 heavy (non-hydrogen) atoms. The van der Waals surface area contributed by atoms with Gasteiger partial charge < -0.3 is 10.2 Å². The van der Waals surface area contributed by atoms with Gasteiger partial charge in [0.2, 0.25) is 15.9 Å². The summed E-state index contributed by atoms with van der Waals surface area (Å²) in [6, 6.07) is 9.01. The number of amides is 2. The van der Waals surface area contributed by atoms with Crippen molar-refractivity contribution in [3.8, 4) is 0 Å². The number of fused-ring (bicyclic) bond motifs is 1. The average Bonchev–Trinajstić information content (AvgIpc) is 3.16. The van der Waals surface area contributed by atoms with Crippen LogP contribution in [0.25, 0.3) is 0 Å². The summed E-state index contributed by atoms with van der Waals surface area (Å²) in [7, 11) is -3.22. The van der Waals surface area contributed by atoms with Gasteiger partial charge in [-0.15, -0.1) is 0 Å². The molecule has 1 saturated heterocycles. The van der Waals surface area contributed by atoms with Crippen LogP contribution in [0.3, 0.4) is 0 Å². The number of aromatic nitrogens is 1. The van der Waals surface area contributed by atoms with Gasteiger partial charge >= 0.3 is 0 Å². The number of anilines is 2. The number of carbonyl (C=O) groups excluding carboxylic acids is 2. The number of rotatable bonds is 4. The Morgan fingerprint density at radius 1 is 1.07 bits per heavy atom. The molecule has 0 atom stereocenters. The number of piperidine rings is 1. The van der Waals surface area contributed by atoms with Crippen molar-refractivity contribution in [2.75, 3.05) is 36.1 Å². The van der Waals surface area contributed by atoms with E-state index >= 15 is 0 Å². The van der Waals surface area contributed by atoms with Crippen LogP contribution in [-0.2, 0) is 21.2 Å². The van der Waals surface area contributed by atoms with E-state index in [1.54, 1.807) is 29.4 Å². The minimum atomic E-state index is -3.22. The molecule has 8 nitrogen and oxygen atoms in total. The molecule has 1 aromatic carbocycles. The van der Waals surface area contributed by atoms with E-state index in [1.807, 2.05) is 18.2 Å². The van der Waals surface area contributed by atoms with Crippen molar-refractivity contribution in [1.29, 1.82) is 0 Å². The van der Waals surface area contributed by atoms with Gasteiger partial charge in [0.1, 0.15) is 0 Å². The molecule has 158 valence electrons. The lowest BCUT2D eigenvalue weighted by Gasteiger charge is -2.29. The fourth-order valence-corrected chi connectivity index (χ4v) is 4.89. The summed E-state index contributed by atoms with van der Waals surface area (Å²) >= 11 is 0. The van der Waals surface area contributed by atoms with Crippen molar-refractivity contribution in [3.63, 3.8) is 0 Å². The number of sulfonamides is 1. The van der Waals surface area contributed by atoms with E-state index in [0.717, 1.165) is 17.7 Å². The van der Waals surface area contributed by atoms with E-state index < -0.39 is 10.0 Å². The predicted molar refractivity (Wildman–Crippen MR) is 114 cm³/mol. The molecule has 2 aliphatic rings. The lowest BCUT2D eigenvalue weighted by atomic mass is 9.97. The molecule has 0 bridgehead atoms. The van der Waals surface area contributed by atoms with E-state index in [4.69, 9.17) is 0 Å². The number of benzene rings is 1. The topological polar surface area (TPSA) is 99.7 Å². The van der Waals surface area contributed by atoms with Crippen LogP contribution in [0.4, 0.5) is 11.4 Å². The van der Waals surface area contributed by atoms with E-state index in [9.17, 15) is 18.0 Å². The number of nitrogens with zero attached hydrogens (tertiary/aromatic N) is 3. The van der Waals surface area contributed by atoms with Crippen molar-refractivity contribution in [2.24, 2.45) is 5.92 Å². The van der Waals surface area contributed by atoms with Crippen LogP contribution in [0.2, 0.25) is 0 Å². The Morgan fingerprint density at radius 2 is 1.77 bits per heavy atom. The fourth-order valence-electron chi connectivity index (χ4n) is 4.01. The Kier molecular flexibility index (Phi) is 5.57. The van der Waals surface area contributed by atoms with Gasteiger partial charge in [0.15, 0.2) is 0 Å². The van der Waals surface area contributed by atoms with Crippen LogP contribution < -0.4 is 10.2 Å². The van der Waals surface area contributed by atoms with Crippen LogP contribution in [0.1, 0.15) is 28.8 Å². The van der Waals surface area contributed by atoms with Crippen molar-refractivity contribution < 1.29 is 18.0 Å². The first-order valence-corrected chi connectivity index (χ1v) is 11.8. The molecule has 3 heterocycles. The first kappa shape index (κ1) is 20.5. The monoisotopic (exact) mass is 428 g/mol. The second-order valence-electron chi connectivity index (χ2n) is 7.71. The molecular weight excluding hydrogens is 404 g/mol.